The molecule has 150 valence electrons. The van der Waals surface area contributed by atoms with E-state index in [1.54, 1.807) is 0 Å². The van der Waals surface area contributed by atoms with E-state index in [9.17, 15) is 45.0 Å². The number of aromatic carboxylic acids is 1. The summed E-state index contributed by atoms with van der Waals surface area (Å²) in [5, 5.41) is 20.1. The van der Waals surface area contributed by atoms with Crippen LogP contribution in [0, 0.1) is 10.1 Å². The van der Waals surface area contributed by atoms with E-state index in [-0.39, 0.29) is 6.07 Å². The second-order valence-electron chi connectivity index (χ2n) is 4.40. The minimum absolute atomic E-state index is 0.179. The number of rotatable bonds is 6. The van der Waals surface area contributed by atoms with Crippen molar-refractivity contribution in [1.29, 1.82) is 0 Å². The summed E-state index contributed by atoms with van der Waals surface area (Å²) in [4.78, 5) is 28.0. The summed E-state index contributed by atoms with van der Waals surface area (Å²) < 4.78 is 94.3. The average molecular weight is 450 g/mol. The maximum atomic E-state index is 11.8. The fourth-order valence-electron chi connectivity index (χ4n) is 1.82. The largest absolute Gasteiger partial charge is 0.478 e. The molecule has 0 heterocycles. The Morgan fingerprint density at radius 1 is 0.926 bits per heavy atom. The number of nitrogens with one attached hydrogen (secondary N) is 1. The molecule has 0 radical (unpaired) electrons. The summed E-state index contributed by atoms with van der Waals surface area (Å²) in [5.74, 6) is -4.51. The van der Waals surface area contributed by atoms with Crippen LogP contribution in [-0.2, 0) is 30.5 Å². The zero-order valence-electron chi connectivity index (χ0n) is 12.1. The Bertz CT molecular complexity index is 1180. The molecular weight excluding hydrogens is 444 g/mol. The van der Waals surface area contributed by atoms with E-state index in [4.69, 9.17) is 18.8 Å². The van der Waals surface area contributed by atoms with Crippen LogP contribution in [0.25, 0.3) is 0 Å². The Morgan fingerprint density at radius 2 is 1.33 bits per heavy atom. The Balaban J connectivity index is 4.34. The molecular formula is C8H6N2O14S3. The number of nitro groups is 1. The molecule has 1 amide bonds. The van der Waals surface area contributed by atoms with Gasteiger partial charge in [-0.3, -0.25) is 28.6 Å². The van der Waals surface area contributed by atoms with Gasteiger partial charge in [0.05, 0.1) is 16.1 Å². The molecule has 19 heteroatoms. The van der Waals surface area contributed by atoms with E-state index in [2.05, 4.69) is 0 Å². The predicted octanol–water partition coefficient (Wildman–Crippen LogP) is -1.68. The number of carbonyl (C=O) groups is 2. The highest BCUT2D eigenvalue weighted by Gasteiger charge is 2.42. The van der Waals surface area contributed by atoms with Gasteiger partial charge in [0.1, 0.15) is 0 Å². The third-order valence-corrected chi connectivity index (χ3v) is 4.90. The lowest BCUT2D eigenvalue weighted by Crippen LogP contribution is -2.32. The predicted molar refractivity (Wildman–Crippen MR) is 78.7 cm³/mol. The Kier molecular flexibility index (Phi) is 5.61. The van der Waals surface area contributed by atoms with Gasteiger partial charge in [-0.25, -0.2) is 9.52 Å². The number of carbonyl (C=O) groups excluding carboxylic acids is 1. The molecule has 27 heavy (non-hydrogen) atoms. The number of benzene rings is 1. The van der Waals surface area contributed by atoms with Gasteiger partial charge in [0.2, 0.25) is 0 Å². The lowest BCUT2D eigenvalue weighted by molar-refractivity contribution is -0.391. The summed E-state index contributed by atoms with van der Waals surface area (Å²) >= 11 is 0. The van der Waals surface area contributed by atoms with E-state index in [0.29, 0.717) is 0 Å². The maximum absolute atomic E-state index is 11.8. The fourth-order valence-corrected chi connectivity index (χ4v) is 3.93. The average Bonchev–Trinajstić information content (AvgIpc) is 2.40. The van der Waals surface area contributed by atoms with Crippen LogP contribution in [0.15, 0.2) is 15.9 Å². The molecule has 0 aliphatic rings. The van der Waals surface area contributed by atoms with Gasteiger partial charge in [-0.15, -0.1) is 0 Å². The van der Waals surface area contributed by atoms with Crippen molar-refractivity contribution >= 4 is 48.1 Å². The van der Waals surface area contributed by atoms with Gasteiger partial charge in [0.25, 0.3) is 5.91 Å². The second-order valence-corrected chi connectivity index (χ2v) is 8.27. The van der Waals surface area contributed by atoms with E-state index < -0.39 is 73.9 Å². The summed E-state index contributed by atoms with van der Waals surface area (Å²) in [6.45, 7) is 0. The highest BCUT2D eigenvalue weighted by molar-refractivity contribution is 7.87. The smallest absolute Gasteiger partial charge is 0.359 e. The minimum atomic E-state index is -5.88. The molecule has 0 aromatic heterocycles. The maximum Gasteiger partial charge on any atom is 0.359 e. The van der Waals surface area contributed by atoms with Crippen LogP contribution in [0.2, 0.25) is 0 Å². The van der Waals surface area contributed by atoms with Crippen LogP contribution in [0.3, 0.4) is 0 Å². The number of nitro benzene ring substituents is 1. The third kappa shape index (κ3) is 4.93. The van der Waals surface area contributed by atoms with Crippen LogP contribution < -0.4 is 4.72 Å². The minimum Gasteiger partial charge on any atom is -0.478 e. The fraction of sp³-hybridized carbons (Fsp3) is 0. The molecule has 0 spiro atoms. The van der Waals surface area contributed by atoms with Gasteiger partial charge >= 0.3 is 42.2 Å². The quantitative estimate of drug-likeness (QED) is 0.184. The summed E-state index contributed by atoms with van der Waals surface area (Å²) in [5.41, 5.74) is -5.69. The molecule has 0 aliphatic heterocycles. The first-order valence-corrected chi connectivity index (χ1v) is 10.0. The first-order valence-electron chi connectivity index (χ1n) is 5.71. The van der Waals surface area contributed by atoms with Gasteiger partial charge in [0.15, 0.2) is 9.79 Å². The van der Waals surface area contributed by atoms with Gasteiger partial charge in [-0.05, 0) is 6.07 Å². The highest BCUT2D eigenvalue weighted by atomic mass is 32.2. The van der Waals surface area contributed by atoms with Crippen LogP contribution in [0.4, 0.5) is 5.69 Å². The van der Waals surface area contributed by atoms with E-state index in [1.807, 2.05) is 0 Å². The molecule has 5 N–H and O–H groups in total. The number of hydrogen-bond donors (Lipinski definition) is 5. The first kappa shape index (κ1) is 22.3. The molecule has 0 fully saturated rings. The zero-order valence-corrected chi connectivity index (χ0v) is 14.6. The highest BCUT2D eigenvalue weighted by Crippen LogP contribution is 2.37. The van der Waals surface area contributed by atoms with Crippen molar-refractivity contribution < 1.29 is 58.5 Å². The standard InChI is InChI=1S/C8H6N2O14S3/c11-7(9-27(22,23)24)2-1-3(8(12)13)6(26(19,20)21)4(10(14)15)5(2)25(16,17)18/h1H,(H,9,11)(H,12,13)(H,16,17,18)(H,19,20,21)(H,22,23,24). The molecule has 1 rings (SSSR count). The topological polar surface area (TPSA) is 273 Å². The number of nitrogens with zero attached hydrogens (tertiary/aromatic N) is 1. The molecule has 0 saturated heterocycles. The third-order valence-electron chi connectivity index (χ3n) is 2.60. The van der Waals surface area contributed by atoms with E-state index >= 15 is 0 Å². The molecule has 0 bridgehead atoms. The van der Waals surface area contributed by atoms with Gasteiger partial charge in [0, 0.05) is 0 Å². The number of carboxylic acids is 1. The summed E-state index contributed by atoms with van der Waals surface area (Å²) in [6.07, 6.45) is 0. The normalized spacial score (nSPS) is 12.4. The van der Waals surface area contributed by atoms with Crippen molar-refractivity contribution in [3.05, 3.63) is 27.3 Å². The first-order chi connectivity index (χ1) is 11.9. The van der Waals surface area contributed by atoms with Crippen LogP contribution in [-0.4, -0.2) is 60.8 Å². The van der Waals surface area contributed by atoms with Gasteiger partial charge in [-0.1, -0.05) is 0 Å². The summed E-state index contributed by atoms with van der Waals surface area (Å²) in [7, 11) is -17.1. The zero-order chi connectivity index (χ0) is 21.5. The van der Waals surface area contributed by atoms with Crippen molar-refractivity contribution in [1.82, 2.24) is 4.72 Å². The Labute approximate surface area is 149 Å². The molecule has 0 saturated carbocycles. The SMILES string of the molecule is O=C(O)c1cc(C(=O)NS(=O)(=O)O)c(S(=O)(=O)O)c([N+](=O)[O-])c1S(=O)(=O)O. The molecule has 0 atom stereocenters. The van der Waals surface area contributed by atoms with Crippen molar-refractivity contribution in [2.75, 3.05) is 0 Å². The monoisotopic (exact) mass is 450 g/mol. The van der Waals surface area contributed by atoms with Gasteiger partial charge in [-0.2, -0.15) is 25.3 Å². The van der Waals surface area contributed by atoms with Crippen LogP contribution >= 0.6 is 0 Å². The van der Waals surface area contributed by atoms with E-state index in [1.165, 1.54) is 0 Å². The molecule has 0 aliphatic carbocycles. The van der Waals surface area contributed by atoms with Crippen molar-refractivity contribution in [2.24, 2.45) is 0 Å². The Morgan fingerprint density at radius 3 is 1.63 bits per heavy atom. The van der Waals surface area contributed by atoms with Crippen molar-refractivity contribution in [3.8, 4) is 0 Å². The van der Waals surface area contributed by atoms with E-state index in [0.717, 1.165) is 4.72 Å². The number of carboxylic acid groups (broad SMARTS) is 1. The lowest BCUT2D eigenvalue weighted by atomic mass is 10.1. The summed E-state index contributed by atoms with van der Waals surface area (Å²) in [6, 6.07) is -0.179. The van der Waals surface area contributed by atoms with Crippen molar-refractivity contribution in [3.63, 3.8) is 0 Å². The van der Waals surface area contributed by atoms with Gasteiger partial charge < -0.3 is 5.11 Å². The Hall–Kier alpha value is -2.71. The van der Waals surface area contributed by atoms with Crippen molar-refractivity contribution in [2.45, 2.75) is 9.79 Å². The second kappa shape index (κ2) is 6.79. The number of amides is 1. The molecule has 1 aromatic rings. The number of hydrogen-bond acceptors (Lipinski definition) is 10. The lowest BCUT2D eigenvalue weighted by Gasteiger charge is -2.12. The molecule has 1 aromatic carbocycles. The molecule has 16 nitrogen and oxygen atoms in total. The van der Waals surface area contributed by atoms with Crippen LogP contribution in [0.1, 0.15) is 20.7 Å². The van der Waals surface area contributed by atoms with Crippen LogP contribution in [0.5, 0.6) is 0 Å². The molecule has 0 unspecified atom stereocenters.